The lowest BCUT2D eigenvalue weighted by atomic mass is 10.2. The molecule has 0 aromatic carbocycles. The van der Waals surface area contributed by atoms with Gasteiger partial charge in [-0.3, -0.25) is 9.35 Å². The topological polar surface area (TPSA) is 74.7 Å². The summed E-state index contributed by atoms with van der Waals surface area (Å²) in [7, 11) is -3.88. The molecule has 0 spiro atoms. The van der Waals surface area contributed by atoms with Crippen molar-refractivity contribution in [2.24, 2.45) is 0 Å². The lowest BCUT2D eigenvalue weighted by molar-refractivity contribution is -0.929. The Morgan fingerprint density at radius 2 is 2.00 bits per heavy atom. The molecule has 1 aliphatic rings. The Morgan fingerprint density at radius 3 is 2.42 bits per heavy atom. The van der Waals surface area contributed by atoms with Crippen LogP contribution in [-0.4, -0.2) is 73.3 Å². The van der Waals surface area contributed by atoms with E-state index in [0.29, 0.717) is 26.1 Å². The van der Waals surface area contributed by atoms with Gasteiger partial charge in [-0.2, -0.15) is 8.42 Å². The van der Waals surface area contributed by atoms with Crippen molar-refractivity contribution in [2.45, 2.75) is 13.3 Å². The van der Waals surface area contributed by atoms with Crippen molar-refractivity contribution in [1.82, 2.24) is 4.90 Å². The second-order valence-corrected chi connectivity index (χ2v) is 6.57. The number of hydrogen-bond acceptors (Lipinski definition) is 3. The second kappa shape index (κ2) is 6.49. The maximum absolute atomic E-state index is 11.5. The van der Waals surface area contributed by atoms with Gasteiger partial charge in [-0.25, -0.2) is 0 Å². The molecule has 1 rings (SSSR count). The van der Waals surface area contributed by atoms with Crippen molar-refractivity contribution in [1.29, 1.82) is 0 Å². The van der Waals surface area contributed by atoms with Gasteiger partial charge in [-0.1, -0.05) is 6.58 Å². The average Bonchev–Trinajstić information content (AvgIpc) is 2.37. The molecule has 110 valence electrons. The number of hydrogen-bond donors (Lipinski definition) is 1. The van der Waals surface area contributed by atoms with Gasteiger partial charge in [0, 0.05) is 6.42 Å². The molecular weight excluding hydrogens is 268 g/mol. The van der Waals surface area contributed by atoms with E-state index in [9.17, 15) is 13.2 Å². The van der Waals surface area contributed by atoms with Crippen LogP contribution in [0.25, 0.3) is 0 Å². The van der Waals surface area contributed by atoms with Gasteiger partial charge in [0.05, 0.1) is 45.0 Å². The van der Waals surface area contributed by atoms with Crippen molar-refractivity contribution in [3.05, 3.63) is 12.7 Å². The Morgan fingerprint density at radius 1 is 1.42 bits per heavy atom. The van der Waals surface area contributed by atoms with E-state index in [-0.39, 0.29) is 11.7 Å². The lowest BCUT2D eigenvalue weighted by Crippen LogP contribution is -2.60. The number of likely N-dealkylation sites (N-methyl/N-ethyl adjacent to an activating group) is 1. The van der Waals surface area contributed by atoms with E-state index < -0.39 is 10.1 Å². The Labute approximate surface area is 115 Å². The summed E-state index contributed by atoms with van der Waals surface area (Å²) in [6.45, 7) is 10.1. The van der Waals surface area contributed by atoms with Crippen LogP contribution in [0.15, 0.2) is 12.7 Å². The molecule has 6 nitrogen and oxygen atoms in total. The maximum Gasteiger partial charge on any atom is 0.265 e. The zero-order valence-corrected chi connectivity index (χ0v) is 12.2. The summed E-state index contributed by atoms with van der Waals surface area (Å²) in [5, 5.41) is 0. The van der Waals surface area contributed by atoms with Crippen LogP contribution in [0.4, 0.5) is 0 Å². The molecule has 0 bridgehead atoms. The highest BCUT2D eigenvalue weighted by atomic mass is 32.2. The second-order valence-electron chi connectivity index (χ2n) is 5.00. The molecule has 19 heavy (non-hydrogen) atoms. The molecule has 1 fully saturated rings. The number of rotatable bonds is 6. The van der Waals surface area contributed by atoms with Gasteiger partial charge in [-0.15, -0.1) is 0 Å². The van der Waals surface area contributed by atoms with Crippen LogP contribution in [0.5, 0.6) is 0 Å². The third-order valence-corrected chi connectivity index (χ3v) is 4.68. The minimum absolute atomic E-state index is 0.0492. The van der Waals surface area contributed by atoms with Gasteiger partial charge in [0.2, 0.25) is 5.91 Å². The number of nitrogens with zero attached hydrogens (tertiary/aromatic N) is 2. The number of carbonyl (C=O) groups is 1. The lowest BCUT2D eigenvalue weighted by Gasteiger charge is -2.44. The van der Waals surface area contributed by atoms with Crippen LogP contribution < -0.4 is 0 Å². The SMILES string of the molecule is C=CC(=O)N1CC[N+](CC)(CCCS(=O)(=O)O)CC1. The zero-order valence-electron chi connectivity index (χ0n) is 11.4. The van der Waals surface area contributed by atoms with Gasteiger partial charge in [0.1, 0.15) is 0 Å². The predicted octanol–water partition coefficient (Wildman–Crippen LogP) is 0.129. The van der Waals surface area contributed by atoms with Gasteiger partial charge < -0.3 is 9.38 Å². The summed E-state index contributed by atoms with van der Waals surface area (Å²) >= 11 is 0. The van der Waals surface area contributed by atoms with Gasteiger partial charge in [-0.05, 0) is 13.0 Å². The summed E-state index contributed by atoms with van der Waals surface area (Å²) in [5.74, 6) is -0.241. The number of quaternary nitrogens is 1. The van der Waals surface area contributed by atoms with E-state index in [1.807, 2.05) is 0 Å². The summed E-state index contributed by atoms with van der Waals surface area (Å²) in [5.41, 5.74) is 0. The number of piperazine rings is 1. The van der Waals surface area contributed by atoms with E-state index in [0.717, 1.165) is 24.1 Å². The van der Waals surface area contributed by atoms with Crippen LogP contribution >= 0.6 is 0 Å². The molecule has 1 N–H and O–H groups in total. The third kappa shape index (κ3) is 4.93. The van der Waals surface area contributed by atoms with Crippen molar-refractivity contribution >= 4 is 16.0 Å². The standard InChI is InChI=1S/C12H22N2O4S/c1-3-12(15)13-6-9-14(4-2,10-7-13)8-5-11-19(16,17)18/h3H,1,4-11H2,2H3/p+1. The Bertz CT molecular complexity index is 425. The van der Waals surface area contributed by atoms with Gasteiger partial charge in [0.15, 0.2) is 0 Å². The van der Waals surface area contributed by atoms with E-state index >= 15 is 0 Å². The van der Waals surface area contributed by atoms with Crippen LogP contribution in [0.3, 0.4) is 0 Å². The van der Waals surface area contributed by atoms with Crippen molar-refractivity contribution in [3.8, 4) is 0 Å². The maximum atomic E-state index is 11.5. The zero-order chi connectivity index (χ0) is 14.5. The molecule has 0 aliphatic carbocycles. The highest BCUT2D eigenvalue weighted by molar-refractivity contribution is 7.85. The van der Waals surface area contributed by atoms with Gasteiger partial charge in [0.25, 0.3) is 10.1 Å². The molecule has 0 aromatic rings. The fourth-order valence-corrected chi connectivity index (χ4v) is 3.01. The van der Waals surface area contributed by atoms with Crippen molar-refractivity contribution in [2.75, 3.05) is 45.0 Å². The van der Waals surface area contributed by atoms with E-state index in [2.05, 4.69) is 13.5 Å². The average molecular weight is 291 g/mol. The Hall–Kier alpha value is -0.920. The normalized spacial score (nSPS) is 19.2. The van der Waals surface area contributed by atoms with Gasteiger partial charge >= 0.3 is 0 Å². The number of carbonyl (C=O) groups excluding carboxylic acids is 1. The molecule has 0 aromatic heterocycles. The Kier molecular flexibility index (Phi) is 5.51. The van der Waals surface area contributed by atoms with E-state index in [1.54, 1.807) is 4.90 Å². The van der Waals surface area contributed by atoms with E-state index in [4.69, 9.17) is 4.55 Å². The monoisotopic (exact) mass is 291 g/mol. The Balaban J connectivity index is 2.51. The molecule has 0 radical (unpaired) electrons. The van der Waals surface area contributed by atoms with Crippen LogP contribution in [-0.2, 0) is 14.9 Å². The van der Waals surface area contributed by atoms with Crippen LogP contribution in [0, 0.1) is 0 Å². The fourth-order valence-electron chi connectivity index (χ4n) is 2.52. The molecule has 1 aliphatic heterocycles. The molecule has 7 heteroatoms. The number of amides is 1. The summed E-state index contributed by atoms with van der Waals surface area (Å²) < 4.78 is 31.0. The van der Waals surface area contributed by atoms with E-state index in [1.165, 1.54) is 6.08 Å². The molecule has 1 amide bonds. The molecule has 0 atom stereocenters. The van der Waals surface area contributed by atoms with Crippen LogP contribution in [0.2, 0.25) is 0 Å². The smallest absolute Gasteiger partial charge is 0.265 e. The molecule has 0 unspecified atom stereocenters. The minimum Gasteiger partial charge on any atom is -0.328 e. The largest absolute Gasteiger partial charge is 0.328 e. The van der Waals surface area contributed by atoms with Crippen molar-refractivity contribution < 1.29 is 22.2 Å². The molecular formula is C12H23N2O4S+. The third-order valence-electron chi connectivity index (χ3n) is 3.88. The first kappa shape index (κ1) is 16.1. The van der Waals surface area contributed by atoms with Crippen molar-refractivity contribution in [3.63, 3.8) is 0 Å². The first-order chi connectivity index (χ1) is 8.82. The molecule has 0 saturated carbocycles. The first-order valence-electron chi connectivity index (χ1n) is 6.53. The summed E-state index contributed by atoms with van der Waals surface area (Å²) in [4.78, 5) is 13.3. The minimum atomic E-state index is -3.88. The predicted molar refractivity (Wildman–Crippen MR) is 73.2 cm³/mol. The highest BCUT2D eigenvalue weighted by Crippen LogP contribution is 2.14. The van der Waals surface area contributed by atoms with Crippen LogP contribution in [0.1, 0.15) is 13.3 Å². The molecule has 1 saturated heterocycles. The quantitative estimate of drug-likeness (QED) is 0.429. The first-order valence-corrected chi connectivity index (χ1v) is 8.14. The summed E-state index contributed by atoms with van der Waals surface area (Å²) in [6.07, 6.45) is 1.77. The fraction of sp³-hybridized carbons (Fsp3) is 0.750. The highest BCUT2D eigenvalue weighted by Gasteiger charge is 2.32. The summed E-state index contributed by atoms with van der Waals surface area (Å²) in [6, 6.07) is 0. The molecule has 1 heterocycles.